The van der Waals surface area contributed by atoms with Gasteiger partial charge in [0.1, 0.15) is 11.6 Å². The Balaban J connectivity index is 2.41. The second kappa shape index (κ2) is 5.77. The first kappa shape index (κ1) is 14.8. The molecule has 0 aliphatic heterocycles. The van der Waals surface area contributed by atoms with Crippen molar-refractivity contribution in [2.45, 2.75) is 12.5 Å². The van der Waals surface area contributed by atoms with Crippen molar-refractivity contribution in [3.63, 3.8) is 0 Å². The maximum Gasteiger partial charge on any atom is 0.131 e. The van der Waals surface area contributed by atoms with Crippen LogP contribution in [0, 0.1) is 11.6 Å². The van der Waals surface area contributed by atoms with E-state index in [1.807, 2.05) is 0 Å². The molecule has 2 N–H and O–H groups in total. The lowest BCUT2D eigenvalue weighted by atomic mass is 9.92. The molecule has 2 aromatic rings. The molecule has 20 heavy (non-hydrogen) atoms. The van der Waals surface area contributed by atoms with E-state index in [0.29, 0.717) is 10.7 Å². The Morgan fingerprint density at radius 1 is 1.20 bits per heavy atom. The molecule has 0 saturated carbocycles. The SMILES string of the molecule is CC(CO)(Nc1ccccc1Cl)c1ccc(F)cc1F. The van der Waals surface area contributed by atoms with Crippen molar-refractivity contribution in [3.05, 3.63) is 64.7 Å². The number of aliphatic hydroxyl groups excluding tert-OH is 1. The maximum atomic E-state index is 13.9. The molecule has 0 aromatic heterocycles. The average molecular weight is 298 g/mol. The van der Waals surface area contributed by atoms with E-state index in [1.165, 1.54) is 6.07 Å². The van der Waals surface area contributed by atoms with Gasteiger partial charge in [0.2, 0.25) is 0 Å². The van der Waals surface area contributed by atoms with Crippen LogP contribution >= 0.6 is 11.6 Å². The van der Waals surface area contributed by atoms with Gasteiger partial charge in [-0.25, -0.2) is 8.78 Å². The van der Waals surface area contributed by atoms with Crippen LogP contribution in [0.4, 0.5) is 14.5 Å². The minimum absolute atomic E-state index is 0.168. The van der Waals surface area contributed by atoms with Crippen LogP contribution in [-0.4, -0.2) is 11.7 Å². The van der Waals surface area contributed by atoms with E-state index in [0.717, 1.165) is 12.1 Å². The van der Waals surface area contributed by atoms with Crippen molar-refractivity contribution in [2.75, 3.05) is 11.9 Å². The minimum Gasteiger partial charge on any atom is -0.394 e. The quantitative estimate of drug-likeness (QED) is 0.896. The van der Waals surface area contributed by atoms with E-state index in [-0.39, 0.29) is 12.2 Å². The van der Waals surface area contributed by atoms with Crippen LogP contribution in [0.15, 0.2) is 42.5 Å². The normalized spacial score (nSPS) is 13.8. The molecule has 0 bridgehead atoms. The van der Waals surface area contributed by atoms with Crippen molar-refractivity contribution >= 4 is 17.3 Å². The number of rotatable bonds is 4. The van der Waals surface area contributed by atoms with Gasteiger partial charge in [0.15, 0.2) is 0 Å². The fourth-order valence-corrected chi connectivity index (χ4v) is 2.17. The highest BCUT2D eigenvalue weighted by atomic mass is 35.5. The molecule has 106 valence electrons. The molecular weight excluding hydrogens is 284 g/mol. The smallest absolute Gasteiger partial charge is 0.131 e. The van der Waals surface area contributed by atoms with Crippen LogP contribution in [0.25, 0.3) is 0 Å². The molecule has 0 saturated heterocycles. The van der Waals surface area contributed by atoms with Gasteiger partial charge in [0, 0.05) is 11.6 Å². The summed E-state index contributed by atoms with van der Waals surface area (Å²) in [6.45, 7) is 1.24. The van der Waals surface area contributed by atoms with Crippen LogP contribution in [0.5, 0.6) is 0 Å². The number of benzene rings is 2. The van der Waals surface area contributed by atoms with Crippen molar-refractivity contribution < 1.29 is 13.9 Å². The highest BCUT2D eigenvalue weighted by molar-refractivity contribution is 6.33. The Bertz CT molecular complexity index is 621. The van der Waals surface area contributed by atoms with Gasteiger partial charge in [0.25, 0.3) is 0 Å². The molecule has 1 atom stereocenters. The topological polar surface area (TPSA) is 32.3 Å². The molecule has 0 fully saturated rings. The van der Waals surface area contributed by atoms with E-state index in [9.17, 15) is 13.9 Å². The van der Waals surface area contributed by atoms with Gasteiger partial charge >= 0.3 is 0 Å². The van der Waals surface area contributed by atoms with E-state index in [1.54, 1.807) is 31.2 Å². The van der Waals surface area contributed by atoms with Crippen LogP contribution in [0.3, 0.4) is 0 Å². The van der Waals surface area contributed by atoms with Gasteiger partial charge in [-0.2, -0.15) is 0 Å². The molecule has 0 aliphatic rings. The number of nitrogens with one attached hydrogen (secondary N) is 1. The Labute approximate surface area is 121 Å². The summed E-state index contributed by atoms with van der Waals surface area (Å²) in [5.74, 6) is -1.38. The number of para-hydroxylation sites is 1. The summed E-state index contributed by atoms with van der Waals surface area (Å²) in [5, 5.41) is 13.1. The third-order valence-electron chi connectivity index (χ3n) is 3.13. The molecule has 0 spiro atoms. The number of hydrogen-bond donors (Lipinski definition) is 2. The molecular formula is C15H14ClF2NO. The van der Waals surface area contributed by atoms with Crippen LogP contribution in [0.2, 0.25) is 5.02 Å². The number of aliphatic hydroxyl groups is 1. The number of hydrogen-bond acceptors (Lipinski definition) is 2. The molecule has 2 nitrogen and oxygen atoms in total. The minimum atomic E-state index is -1.11. The Hall–Kier alpha value is -1.65. The molecule has 0 heterocycles. The zero-order chi connectivity index (χ0) is 14.8. The van der Waals surface area contributed by atoms with Gasteiger partial charge in [-0.15, -0.1) is 0 Å². The predicted molar refractivity (Wildman–Crippen MR) is 75.9 cm³/mol. The summed E-state index contributed by atoms with van der Waals surface area (Å²) in [6.07, 6.45) is 0. The summed E-state index contributed by atoms with van der Waals surface area (Å²) in [7, 11) is 0. The molecule has 5 heteroatoms. The van der Waals surface area contributed by atoms with E-state index >= 15 is 0 Å². The van der Waals surface area contributed by atoms with Gasteiger partial charge in [-0.3, -0.25) is 0 Å². The van der Waals surface area contributed by atoms with Crippen molar-refractivity contribution in [1.29, 1.82) is 0 Å². The number of anilines is 1. The van der Waals surface area contributed by atoms with Gasteiger partial charge in [-0.1, -0.05) is 29.8 Å². The van der Waals surface area contributed by atoms with E-state index in [4.69, 9.17) is 11.6 Å². The third-order valence-corrected chi connectivity index (χ3v) is 3.46. The molecule has 0 radical (unpaired) electrons. The average Bonchev–Trinajstić information content (AvgIpc) is 2.41. The Morgan fingerprint density at radius 3 is 2.50 bits per heavy atom. The molecule has 0 aliphatic carbocycles. The van der Waals surface area contributed by atoms with Gasteiger partial charge in [-0.05, 0) is 25.1 Å². The zero-order valence-corrected chi connectivity index (χ0v) is 11.6. The first-order valence-electron chi connectivity index (χ1n) is 6.05. The summed E-state index contributed by atoms with van der Waals surface area (Å²) >= 11 is 6.04. The summed E-state index contributed by atoms with van der Waals surface area (Å²) in [5.41, 5.74) is -0.376. The van der Waals surface area contributed by atoms with Gasteiger partial charge < -0.3 is 10.4 Å². The monoisotopic (exact) mass is 297 g/mol. The molecule has 2 aromatic carbocycles. The van der Waals surface area contributed by atoms with Crippen LogP contribution in [-0.2, 0) is 5.54 Å². The second-order valence-electron chi connectivity index (χ2n) is 4.72. The first-order valence-corrected chi connectivity index (χ1v) is 6.43. The van der Waals surface area contributed by atoms with Crippen molar-refractivity contribution in [2.24, 2.45) is 0 Å². The van der Waals surface area contributed by atoms with E-state index in [2.05, 4.69) is 5.32 Å². The summed E-state index contributed by atoms with van der Waals surface area (Å²) in [4.78, 5) is 0. The Morgan fingerprint density at radius 2 is 1.90 bits per heavy atom. The fraction of sp³-hybridized carbons (Fsp3) is 0.200. The third kappa shape index (κ3) is 2.92. The van der Waals surface area contributed by atoms with E-state index < -0.39 is 17.2 Å². The lowest BCUT2D eigenvalue weighted by Gasteiger charge is -2.31. The first-order chi connectivity index (χ1) is 9.46. The highest BCUT2D eigenvalue weighted by Gasteiger charge is 2.29. The van der Waals surface area contributed by atoms with Crippen LogP contribution < -0.4 is 5.32 Å². The molecule has 1 unspecified atom stereocenters. The molecule has 2 rings (SSSR count). The lowest BCUT2D eigenvalue weighted by Crippen LogP contribution is -2.37. The highest BCUT2D eigenvalue weighted by Crippen LogP contribution is 2.31. The Kier molecular flexibility index (Phi) is 4.26. The maximum absolute atomic E-state index is 13.9. The summed E-state index contributed by atoms with van der Waals surface area (Å²) < 4.78 is 26.9. The lowest BCUT2D eigenvalue weighted by molar-refractivity contribution is 0.220. The van der Waals surface area contributed by atoms with Crippen molar-refractivity contribution in [1.82, 2.24) is 0 Å². The van der Waals surface area contributed by atoms with Gasteiger partial charge in [0.05, 0.1) is 22.9 Å². The largest absolute Gasteiger partial charge is 0.394 e. The zero-order valence-electron chi connectivity index (χ0n) is 10.8. The second-order valence-corrected chi connectivity index (χ2v) is 5.13. The van der Waals surface area contributed by atoms with Crippen LogP contribution in [0.1, 0.15) is 12.5 Å². The summed E-state index contributed by atoms with van der Waals surface area (Å²) in [6, 6.07) is 10.2. The standard InChI is InChI=1S/C15H14ClF2NO/c1-15(9-20,11-7-6-10(17)8-13(11)18)19-14-5-3-2-4-12(14)16/h2-8,19-20H,9H2,1H3. The fourth-order valence-electron chi connectivity index (χ4n) is 1.99. The van der Waals surface area contributed by atoms with Crippen molar-refractivity contribution in [3.8, 4) is 0 Å². The number of halogens is 3. The molecule has 0 amide bonds. The predicted octanol–water partition coefficient (Wildman–Crippen LogP) is 3.94.